The summed E-state index contributed by atoms with van der Waals surface area (Å²) in [5.41, 5.74) is 3.97. The predicted octanol–water partition coefficient (Wildman–Crippen LogP) is 3.28. The summed E-state index contributed by atoms with van der Waals surface area (Å²) >= 11 is 2.70. The molecule has 0 fully saturated rings. The van der Waals surface area contributed by atoms with Gasteiger partial charge in [-0.2, -0.15) is 0 Å². The van der Waals surface area contributed by atoms with Crippen LogP contribution in [0.1, 0.15) is 26.5 Å². The lowest BCUT2D eigenvalue weighted by molar-refractivity contribution is 0.0988. The molecule has 0 bridgehead atoms. The van der Waals surface area contributed by atoms with Crippen LogP contribution >= 0.6 is 22.9 Å². The Kier molecular flexibility index (Phi) is 5.12. The molecule has 6 nitrogen and oxygen atoms in total. The number of hydrogen-bond donors (Lipinski definition) is 0. The normalized spacial score (nSPS) is 11.4. The number of aromatic nitrogens is 3. The summed E-state index contributed by atoms with van der Waals surface area (Å²) in [6.45, 7) is 7.28. The van der Waals surface area contributed by atoms with Gasteiger partial charge in [-0.1, -0.05) is 21.9 Å². The van der Waals surface area contributed by atoms with Gasteiger partial charge in [0.15, 0.2) is 5.13 Å². The topological polar surface area (TPSA) is 62.2 Å². The molecule has 0 unspecified atom stereocenters. The largest absolute Gasteiger partial charge is 0.308 e. The van der Waals surface area contributed by atoms with E-state index in [1.165, 1.54) is 11.1 Å². The fourth-order valence-electron chi connectivity index (χ4n) is 2.61. The van der Waals surface area contributed by atoms with Crippen LogP contribution in [0.2, 0.25) is 0 Å². The molecule has 8 heteroatoms. The molecule has 1 aromatic carbocycles. The van der Waals surface area contributed by atoms with Crippen molar-refractivity contribution in [3.8, 4) is 0 Å². The van der Waals surface area contributed by atoms with Crippen LogP contribution in [0.5, 0.6) is 0 Å². The summed E-state index contributed by atoms with van der Waals surface area (Å²) in [4.78, 5) is 22.2. The van der Waals surface area contributed by atoms with Crippen LogP contribution < -0.4 is 4.90 Å². The Morgan fingerprint density at radius 1 is 1.16 bits per heavy atom. The first-order valence-corrected chi connectivity index (χ1v) is 9.59. The molecular formula is C17H21N5OS2. The van der Waals surface area contributed by atoms with Gasteiger partial charge in [-0.05, 0) is 63.6 Å². The molecule has 0 saturated carbocycles. The summed E-state index contributed by atoms with van der Waals surface area (Å²) in [5, 5.41) is 4.70. The van der Waals surface area contributed by atoms with Crippen molar-refractivity contribution >= 4 is 44.1 Å². The highest BCUT2D eigenvalue weighted by Gasteiger charge is 2.25. The van der Waals surface area contributed by atoms with E-state index in [0.717, 1.165) is 33.4 Å². The zero-order valence-corrected chi connectivity index (χ0v) is 16.7. The Labute approximate surface area is 155 Å². The third-order valence-electron chi connectivity index (χ3n) is 3.90. The summed E-state index contributed by atoms with van der Waals surface area (Å²) < 4.78 is 5.03. The van der Waals surface area contributed by atoms with E-state index < -0.39 is 0 Å². The van der Waals surface area contributed by atoms with E-state index in [1.54, 1.807) is 16.2 Å². The Morgan fingerprint density at radius 2 is 1.92 bits per heavy atom. The van der Waals surface area contributed by atoms with Crippen LogP contribution in [-0.2, 0) is 0 Å². The van der Waals surface area contributed by atoms with Gasteiger partial charge in [0.05, 0.1) is 15.9 Å². The van der Waals surface area contributed by atoms with E-state index in [1.807, 2.05) is 21.0 Å². The van der Waals surface area contributed by atoms with Gasteiger partial charge in [0.25, 0.3) is 5.91 Å². The van der Waals surface area contributed by atoms with Gasteiger partial charge in [-0.25, -0.2) is 4.98 Å². The molecule has 0 radical (unpaired) electrons. The number of carbonyl (C=O) groups excluding carboxylic acids is 1. The van der Waals surface area contributed by atoms with Gasteiger partial charge < -0.3 is 4.90 Å². The van der Waals surface area contributed by atoms with Gasteiger partial charge in [0.2, 0.25) is 0 Å². The zero-order chi connectivity index (χ0) is 18.1. The standard InChI is InChI=1S/C17H21N5OS2/c1-10-8-11(2)14-13(9-10)18-17(24-14)22(7-6-21(4)5)16(23)15-12(3)19-20-25-15/h8-9H,6-7H2,1-5H3. The minimum Gasteiger partial charge on any atom is -0.308 e. The fraction of sp³-hybridized carbons (Fsp3) is 0.412. The highest BCUT2D eigenvalue weighted by Crippen LogP contribution is 2.33. The molecular weight excluding hydrogens is 354 g/mol. The molecule has 0 saturated heterocycles. The lowest BCUT2D eigenvalue weighted by Crippen LogP contribution is -2.36. The summed E-state index contributed by atoms with van der Waals surface area (Å²) in [6, 6.07) is 4.21. The van der Waals surface area contributed by atoms with Crippen molar-refractivity contribution in [1.82, 2.24) is 19.5 Å². The first-order chi connectivity index (χ1) is 11.9. The van der Waals surface area contributed by atoms with Crippen molar-refractivity contribution in [3.63, 3.8) is 0 Å². The van der Waals surface area contributed by atoms with E-state index in [2.05, 4.69) is 40.5 Å². The highest BCUT2D eigenvalue weighted by molar-refractivity contribution is 7.22. The van der Waals surface area contributed by atoms with E-state index in [0.29, 0.717) is 17.1 Å². The van der Waals surface area contributed by atoms with Crippen molar-refractivity contribution in [1.29, 1.82) is 0 Å². The molecule has 2 aromatic heterocycles. The average molecular weight is 376 g/mol. The number of anilines is 1. The molecule has 132 valence electrons. The van der Waals surface area contributed by atoms with E-state index >= 15 is 0 Å². The van der Waals surface area contributed by atoms with Crippen LogP contribution in [0.4, 0.5) is 5.13 Å². The Hall–Kier alpha value is -1.90. The van der Waals surface area contributed by atoms with Gasteiger partial charge in [0, 0.05) is 13.1 Å². The Morgan fingerprint density at radius 3 is 2.56 bits per heavy atom. The maximum atomic E-state index is 13.1. The Bertz CT molecular complexity index is 915. The number of likely N-dealkylation sites (N-methyl/N-ethyl adjacent to an activating group) is 1. The maximum Gasteiger partial charge on any atom is 0.273 e. The van der Waals surface area contributed by atoms with Crippen molar-refractivity contribution in [2.24, 2.45) is 0 Å². The molecule has 2 heterocycles. The quantitative estimate of drug-likeness (QED) is 0.685. The van der Waals surface area contributed by atoms with Gasteiger partial charge in [-0.3, -0.25) is 9.69 Å². The van der Waals surface area contributed by atoms with Crippen molar-refractivity contribution in [2.75, 3.05) is 32.1 Å². The molecule has 25 heavy (non-hydrogen) atoms. The third-order valence-corrected chi connectivity index (χ3v) is 5.95. The number of benzene rings is 1. The number of hydrogen-bond acceptors (Lipinski definition) is 7. The van der Waals surface area contributed by atoms with Crippen molar-refractivity contribution < 1.29 is 4.79 Å². The first kappa shape index (κ1) is 17.9. The number of carbonyl (C=O) groups is 1. The van der Waals surface area contributed by atoms with E-state index in [9.17, 15) is 4.79 Å². The van der Waals surface area contributed by atoms with Gasteiger partial charge in [0.1, 0.15) is 4.88 Å². The Balaban J connectivity index is 2.03. The van der Waals surface area contributed by atoms with Crippen LogP contribution in [0.3, 0.4) is 0 Å². The van der Waals surface area contributed by atoms with Gasteiger partial charge >= 0.3 is 0 Å². The maximum absolute atomic E-state index is 13.1. The van der Waals surface area contributed by atoms with Crippen LogP contribution in [0.25, 0.3) is 10.2 Å². The second-order valence-electron chi connectivity index (χ2n) is 6.37. The minimum absolute atomic E-state index is 0.0808. The monoisotopic (exact) mass is 375 g/mol. The number of rotatable bonds is 5. The van der Waals surface area contributed by atoms with Crippen molar-refractivity contribution in [3.05, 3.63) is 33.8 Å². The van der Waals surface area contributed by atoms with Crippen LogP contribution in [0.15, 0.2) is 12.1 Å². The third kappa shape index (κ3) is 3.70. The number of aryl methyl sites for hydroxylation is 3. The van der Waals surface area contributed by atoms with Crippen molar-refractivity contribution in [2.45, 2.75) is 20.8 Å². The SMILES string of the molecule is Cc1cc(C)c2sc(N(CCN(C)C)C(=O)c3snnc3C)nc2c1. The smallest absolute Gasteiger partial charge is 0.273 e. The van der Waals surface area contributed by atoms with Crippen LogP contribution in [-0.4, -0.2) is 52.6 Å². The number of thiazole rings is 1. The molecule has 0 N–H and O–H groups in total. The highest BCUT2D eigenvalue weighted by atomic mass is 32.1. The predicted molar refractivity (Wildman–Crippen MR) is 104 cm³/mol. The molecule has 0 spiro atoms. The minimum atomic E-state index is -0.0808. The van der Waals surface area contributed by atoms with E-state index in [4.69, 9.17) is 4.98 Å². The average Bonchev–Trinajstić information content (AvgIpc) is 3.13. The number of fused-ring (bicyclic) bond motifs is 1. The molecule has 3 rings (SSSR count). The molecule has 1 amide bonds. The molecule has 0 atom stereocenters. The zero-order valence-electron chi connectivity index (χ0n) is 15.0. The van der Waals surface area contributed by atoms with E-state index in [-0.39, 0.29) is 5.91 Å². The second kappa shape index (κ2) is 7.15. The lowest BCUT2D eigenvalue weighted by Gasteiger charge is -2.21. The number of amides is 1. The first-order valence-electron chi connectivity index (χ1n) is 8.00. The molecule has 0 aliphatic carbocycles. The lowest BCUT2D eigenvalue weighted by atomic mass is 10.1. The van der Waals surface area contributed by atoms with Gasteiger partial charge in [-0.15, -0.1) is 5.10 Å². The fourth-order valence-corrected chi connectivity index (χ4v) is 4.26. The molecule has 0 aliphatic heterocycles. The summed E-state index contributed by atoms with van der Waals surface area (Å²) in [6.07, 6.45) is 0. The number of nitrogens with zero attached hydrogens (tertiary/aromatic N) is 5. The summed E-state index contributed by atoms with van der Waals surface area (Å²) in [7, 11) is 3.99. The summed E-state index contributed by atoms with van der Waals surface area (Å²) in [5.74, 6) is -0.0808. The van der Waals surface area contributed by atoms with Crippen LogP contribution in [0, 0.1) is 20.8 Å². The second-order valence-corrected chi connectivity index (χ2v) is 8.11. The molecule has 0 aliphatic rings. The molecule has 3 aromatic rings.